The van der Waals surface area contributed by atoms with Crippen LogP contribution in [0.1, 0.15) is 10.6 Å². The van der Waals surface area contributed by atoms with Crippen LogP contribution in [0.15, 0.2) is 69.5 Å². The lowest BCUT2D eigenvalue weighted by atomic mass is 10.3. The predicted molar refractivity (Wildman–Crippen MR) is 99.1 cm³/mol. The molecule has 0 bridgehead atoms. The Morgan fingerprint density at radius 2 is 1.88 bits per heavy atom. The Morgan fingerprint density at radius 3 is 2.46 bits per heavy atom. The van der Waals surface area contributed by atoms with Crippen molar-refractivity contribution in [3.63, 3.8) is 0 Å². The van der Waals surface area contributed by atoms with Gasteiger partial charge in [0.2, 0.25) is 10.0 Å². The molecule has 3 N–H and O–H groups in total. The first-order valence-electron chi connectivity index (χ1n) is 7.65. The number of carbonyl (C=O) groups is 1. The number of thiophene rings is 1. The predicted octanol–water partition coefficient (Wildman–Crippen LogP) is 3.22. The van der Waals surface area contributed by atoms with Crippen molar-refractivity contribution in [2.45, 2.75) is 18.0 Å². The summed E-state index contributed by atoms with van der Waals surface area (Å²) in [6, 6.07) is 12.8. The summed E-state index contributed by atoms with van der Waals surface area (Å²) in [5, 5.41) is 9.78. The van der Waals surface area contributed by atoms with Crippen molar-refractivity contribution < 1.29 is 17.6 Å². The van der Waals surface area contributed by atoms with Crippen molar-refractivity contribution >= 4 is 33.1 Å². The van der Waals surface area contributed by atoms with E-state index in [-0.39, 0.29) is 10.9 Å². The van der Waals surface area contributed by atoms with E-state index in [4.69, 9.17) is 9.56 Å². The molecule has 2 heterocycles. The third-order valence-electron chi connectivity index (χ3n) is 3.57. The Bertz CT molecular complexity index is 914. The lowest BCUT2D eigenvalue weighted by Gasteiger charge is -2.21. The number of nitrogens with zero attached hydrogens (tertiary/aromatic N) is 1. The van der Waals surface area contributed by atoms with Crippen LogP contribution in [-0.4, -0.2) is 19.3 Å². The minimum Gasteiger partial charge on any atom is -0.467 e. The number of sulfonamides is 1. The van der Waals surface area contributed by atoms with E-state index in [0.717, 1.165) is 4.88 Å². The quantitative estimate of drug-likeness (QED) is 0.673. The van der Waals surface area contributed by atoms with Gasteiger partial charge in [-0.3, -0.25) is 0 Å². The molecular weight excluding hydrogens is 374 g/mol. The number of carbonyl (C=O) groups excluding carboxylic acids is 1. The van der Waals surface area contributed by atoms with E-state index < -0.39 is 10.0 Å². The van der Waals surface area contributed by atoms with E-state index in [0.29, 0.717) is 24.5 Å². The summed E-state index contributed by atoms with van der Waals surface area (Å²) in [5.41, 5.74) is 0.470. The van der Waals surface area contributed by atoms with Crippen molar-refractivity contribution in [1.82, 2.24) is 4.90 Å². The highest BCUT2D eigenvalue weighted by atomic mass is 32.2. The summed E-state index contributed by atoms with van der Waals surface area (Å²) in [6.07, 6.45) is 1.56. The SMILES string of the molecule is NS(=O)(=O)c1ccc(NC(=O)N(Cc2ccco2)Cc2cccs2)cc1. The number of amides is 2. The van der Waals surface area contributed by atoms with Crippen LogP contribution in [0.25, 0.3) is 0 Å². The van der Waals surface area contributed by atoms with Crippen LogP contribution in [0.5, 0.6) is 0 Å². The van der Waals surface area contributed by atoms with E-state index in [1.165, 1.54) is 24.3 Å². The molecule has 3 rings (SSSR count). The van der Waals surface area contributed by atoms with Gasteiger partial charge in [-0.1, -0.05) is 6.07 Å². The molecule has 0 aliphatic carbocycles. The zero-order chi connectivity index (χ0) is 18.6. The van der Waals surface area contributed by atoms with E-state index >= 15 is 0 Å². The summed E-state index contributed by atoms with van der Waals surface area (Å²) in [7, 11) is -3.77. The number of hydrogen-bond acceptors (Lipinski definition) is 5. The second kappa shape index (κ2) is 7.73. The molecule has 9 heteroatoms. The van der Waals surface area contributed by atoms with Gasteiger partial charge >= 0.3 is 6.03 Å². The summed E-state index contributed by atoms with van der Waals surface area (Å²) in [5.74, 6) is 0.668. The Kier molecular flexibility index (Phi) is 5.40. The third-order valence-corrected chi connectivity index (χ3v) is 5.37. The molecular formula is C17H17N3O4S2. The smallest absolute Gasteiger partial charge is 0.322 e. The number of primary sulfonamides is 1. The number of nitrogens with one attached hydrogen (secondary N) is 1. The van der Waals surface area contributed by atoms with Gasteiger partial charge in [0, 0.05) is 10.6 Å². The van der Waals surface area contributed by atoms with Crippen LogP contribution in [0, 0.1) is 0 Å². The molecule has 0 aliphatic rings. The largest absolute Gasteiger partial charge is 0.467 e. The standard InChI is InChI=1S/C17H17N3O4S2/c18-26(22,23)16-7-5-13(6-8-16)19-17(21)20(11-14-3-1-9-24-14)12-15-4-2-10-25-15/h1-10H,11-12H2,(H,19,21)(H2,18,22,23). The highest BCUT2D eigenvalue weighted by Crippen LogP contribution is 2.18. The number of nitrogens with two attached hydrogens (primary N) is 1. The average molecular weight is 391 g/mol. The maximum absolute atomic E-state index is 12.7. The highest BCUT2D eigenvalue weighted by molar-refractivity contribution is 7.89. The van der Waals surface area contributed by atoms with Crippen LogP contribution in [0.2, 0.25) is 0 Å². The molecule has 0 aliphatic heterocycles. The fourth-order valence-corrected chi connectivity index (χ4v) is 3.55. The van der Waals surface area contributed by atoms with Gasteiger partial charge < -0.3 is 14.6 Å². The maximum atomic E-state index is 12.7. The Balaban J connectivity index is 1.74. The maximum Gasteiger partial charge on any atom is 0.322 e. The fourth-order valence-electron chi connectivity index (χ4n) is 2.31. The summed E-state index contributed by atoms with van der Waals surface area (Å²) < 4.78 is 27.9. The lowest BCUT2D eigenvalue weighted by Crippen LogP contribution is -2.33. The van der Waals surface area contributed by atoms with Crippen molar-refractivity contribution in [3.05, 3.63) is 70.8 Å². The minimum absolute atomic E-state index is 0.0125. The van der Waals surface area contributed by atoms with Crippen LogP contribution in [0.3, 0.4) is 0 Å². The molecule has 3 aromatic rings. The third kappa shape index (κ3) is 4.72. The van der Waals surface area contributed by atoms with Gasteiger partial charge in [-0.25, -0.2) is 18.4 Å². The van der Waals surface area contributed by atoms with E-state index in [9.17, 15) is 13.2 Å². The van der Waals surface area contributed by atoms with Gasteiger partial charge in [-0.15, -0.1) is 11.3 Å². The second-order valence-corrected chi connectivity index (χ2v) is 8.11. The first-order valence-corrected chi connectivity index (χ1v) is 10.1. The van der Waals surface area contributed by atoms with Crippen molar-refractivity contribution in [2.75, 3.05) is 5.32 Å². The monoisotopic (exact) mass is 391 g/mol. The number of anilines is 1. The number of hydrogen-bond donors (Lipinski definition) is 2. The molecule has 0 atom stereocenters. The summed E-state index contributed by atoms with van der Waals surface area (Å²) in [4.78, 5) is 15.3. The zero-order valence-electron chi connectivity index (χ0n) is 13.7. The molecule has 0 fully saturated rings. The zero-order valence-corrected chi connectivity index (χ0v) is 15.3. The minimum atomic E-state index is -3.77. The summed E-state index contributed by atoms with van der Waals surface area (Å²) in [6.45, 7) is 0.742. The van der Waals surface area contributed by atoms with Crippen molar-refractivity contribution in [2.24, 2.45) is 5.14 Å². The molecule has 7 nitrogen and oxygen atoms in total. The molecule has 136 valence electrons. The molecule has 0 saturated carbocycles. The Hall–Kier alpha value is -2.62. The lowest BCUT2D eigenvalue weighted by molar-refractivity contribution is 0.202. The molecule has 0 radical (unpaired) electrons. The normalized spacial score (nSPS) is 11.3. The number of urea groups is 1. The summed E-state index contributed by atoms with van der Waals surface area (Å²) >= 11 is 1.56. The van der Waals surface area contributed by atoms with E-state index in [1.807, 2.05) is 17.5 Å². The van der Waals surface area contributed by atoms with Gasteiger partial charge in [0.15, 0.2) is 0 Å². The van der Waals surface area contributed by atoms with Crippen LogP contribution in [0.4, 0.5) is 10.5 Å². The molecule has 0 unspecified atom stereocenters. The molecule has 26 heavy (non-hydrogen) atoms. The van der Waals surface area contributed by atoms with Crippen molar-refractivity contribution in [3.8, 4) is 0 Å². The average Bonchev–Trinajstić information content (AvgIpc) is 3.28. The van der Waals surface area contributed by atoms with Gasteiger partial charge in [0.1, 0.15) is 5.76 Å². The van der Waals surface area contributed by atoms with Crippen LogP contribution < -0.4 is 10.5 Å². The van der Waals surface area contributed by atoms with Gasteiger partial charge in [0.05, 0.1) is 24.2 Å². The van der Waals surface area contributed by atoms with E-state index in [2.05, 4.69) is 5.32 Å². The van der Waals surface area contributed by atoms with Gasteiger partial charge in [0.25, 0.3) is 0 Å². The number of benzene rings is 1. The second-order valence-electron chi connectivity index (χ2n) is 5.51. The molecule has 0 spiro atoms. The van der Waals surface area contributed by atoms with Crippen LogP contribution in [-0.2, 0) is 23.1 Å². The van der Waals surface area contributed by atoms with E-state index in [1.54, 1.807) is 34.6 Å². The van der Waals surface area contributed by atoms with Gasteiger partial charge in [-0.2, -0.15) is 0 Å². The molecule has 1 aromatic carbocycles. The first kappa shape index (κ1) is 18.2. The van der Waals surface area contributed by atoms with Gasteiger partial charge in [-0.05, 0) is 47.8 Å². The molecule has 2 aromatic heterocycles. The topological polar surface area (TPSA) is 106 Å². The van der Waals surface area contributed by atoms with Crippen molar-refractivity contribution in [1.29, 1.82) is 0 Å². The number of furan rings is 1. The fraction of sp³-hybridized carbons (Fsp3) is 0.118. The Labute approximate surface area is 155 Å². The van der Waals surface area contributed by atoms with Crippen LogP contribution >= 0.6 is 11.3 Å². The molecule has 2 amide bonds. The number of rotatable bonds is 6. The molecule has 0 saturated heterocycles. The first-order chi connectivity index (χ1) is 12.4. The Morgan fingerprint density at radius 1 is 1.12 bits per heavy atom. The highest BCUT2D eigenvalue weighted by Gasteiger charge is 2.17.